The predicted molar refractivity (Wildman–Crippen MR) is 77.4 cm³/mol. The molecule has 0 bridgehead atoms. The SMILES string of the molecule is C#CCNc1ccc(C(=O)N[C@H](CCC(=O)O)C(=O)O)s1. The second-order valence-corrected chi connectivity index (χ2v) is 5.10. The summed E-state index contributed by atoms with van der Waals surface area (Å²) in [5.74, 6) is -0.562. The molecule has 0 aliphatic carbocycles. The van der Waals surface area contributed by atoms with Gasteiger partial charge in [0.2, 0.25) is 0 Å². The van der Waals surface area contributed by atoms with Crippen molar-refractivity contribution < 1.29 is 24.6 Å². The highest BCUT2D eigenvalue weighted by molar-refractivity contribution is 7.17. The molecular weight excluding hydrogens is 296 g/mol. The van der Waals surface area contributed by atoms with Gasteiger partial charge in [0.05, 0.1) is 16.4 Å². The molecule has 0 saturated carbocycles. The third kappa shape index (κ3) is 5.54. The maximum atomic E-state index is 11.9. The van der Waals surface area contributed by atoms with Crippen molar-refractivity contribution in [2.45, 2.75) is 18.9 Å². The van der Waals surface area contributed by atoms with Crippen molar-refractivity contribution in [1.29, 1.82) is 0 Å². The van der Waals surface area contributed by atoms with Gasteiger partial charge < -0.3 is 20.8 Å². The minimum absolute atomic E-state index is 0.177. The average Bonchev–Trinajstić information content (AvgIpc) is 2.89. The molecule has 112 valence electrons. The number of carbonyl (C=O) groups excluding carboxylic acids is 1. The number of hydrogen-bond donors (Lipinski definition) is 4. The van der Waals surface area contributed by atoms with E-state index in [9.17, 15) is 14.4 Å². The molecule has 1 heterocycles. The second kappa shape index (κ2) is 7.91. The normalized spacial score (nSPS) is 11.2. The number of terminal acetylenes is 1. The maximum absolute atomic E-state index is 11.9. The molecule has 4 N–H and O–H groups in total. The number of carboxylic acid groups (broad SMARTS) is 2. The number of aliphatic carboxylic acids is 2. The van der Waals surface area contributed by atoms with E-state index in [4.69, 9.17) is 16.6 Å². The van der Waals surface area contributed by atoms with E-state index < -0.39 is 23.9 Å². The first-order valence-corrected chi connectivity index (χ1v) is 6.78. The minimum atomic E-state index is -1.27. The first-order valence-electron chi connectivity index (χ1n) is 5.96. The lowest BCUT2D eigenvalue weighted by atomic mass is 10.1. The average molecular weight is 310 g/mol. The summed E-state index contributed by atoms with van der Waals surface area (Å²) >= 11 is 1.13. The number of anilines is 1. The topological polar surface area (TPSA) is 116 Å². The van der Waals surface area contributed by atoms with Crippen LogP contribution in [0.1, 0.15) is 22.5 Å². The molecule has 0 aliphatic rings. The summed E-state index contributed by atoms with van der Waals surface area (Å²) in [7, 11) is 0. The van der Waals surface area contributed by atoms with Gasteiger partial charge in [-0.15, -0.1) is 17.8 Å². The van der Waals surface area contributed by atoms with Crippen LogP contribution in [0.5, 0.6) is 0 Å². The quantitative estimate of drug-likeness (QED) is 0.529. The summed E-state index contributed by atoms with van der Waals surface area (Å²) in [4.78, 5) is 33.7. The molecule has 1 rings (SSSR count). The molecular formula is C13H14N2O5S. The first kappa shape index (κ1) is 16.5. The van der Waals surface area contributed by atoms with Crippen molar-refractivity contribution in [3.8, 4) is 12.3 Å². The molecule has 1 aromatic rings. The van der Waals surface area contributed by atoms with E-state index in [1.54, 1.807) is 6.07 Å². The molecule has 1 amide bonds. The van der Waals surface area contributed by atoms with Crippen molar-refractivity contribution >= 4 is 34.2 Å². The lowest BCUT2D eigenvalue weighted by Gasteiger charge is -2.12. The van der Waals surface area contributed by atoms with Crippen molar-refractivity contribution in [2.24, 2.45) is 0 Å². The predicted octanol–water partition coefficient (Wildman–Crippen LogP) is 0.841. The Morgan fingerprint density at radius 2 is 2.05 bits per heavy atom. The van der Waals surface area contributed by atoms with Crippen LogP contribution in [0, 0.1) is 12.3 Å². The molecule has 1 aromatic heterocycles. The molecule has 8 heteroatoms. The van der Waals surface area contributed by atoms with Gasteiger partial charge in [0.25, 0.3) is 5.91 Å². The van der Waals surface area contributed by atoms with Crippen LogP contribution >= 0.6 is 11.3 Å². The molecule has 0 aromatic carbocycles. The van der Waals surface area contributed by atoms with Crippen molar-refractivity contribution in [3.05, 3.63) is 17.0 Å². The molecule has 21 heavy (non-hydrogen) atoms. The molecule has 1 atom stereocenters. The lowest BCUT2D eigenvalue weighted by molar-refractivity contribution is -0.140. The second-order valence-electron chi connectivity index (χ2n) is 4.02. The molecule has 7 nitrogen and oxygen atoms in total. The number of rotatable bonds is 8. The number of carboxylic acids is 2. The summed E-state index contributed by atoms with van der Waals surface area (Å²) in [6, 6.07) is 1.96. The van der Waals surface area contributed by atoms with Crippen LogP contribution in [0.15, 0.2) is 12.1 Å². The lowest BCUT2D eigenvalue weighted by Crippen LogP contribution is -2.40. The highest BCUT2D eigenvalue weighted by atomic mass is 32.1. The Bertz CT molecular complexity index is 575. The Balaban J connectivity index is 2.64. The number of amides is 1. The molecule has 0 saturated heterocycles. The van der Waals surface area contributed by atoms with Gasteiger partial charge in [-0.1, -0.05) is 5.92 Å². The van der Waals surface area contributed by atoms with Gasteiger partial charge in [-0.3, -0.25) is 9.59 Å². The Morgan fingerprint density at radius 3 is 2.62 bits per heavy atom. The van der Waals surface area contributed by atoms with Gasteiger partial charge in [-0.05, 0) is 18.6 Å². The van der Waals surface area contributed by atoms with E-state index in [0.29, 0.717) is 16.4 Å². The highest BCUT2D eigenvalue weighted by Crippen LogP contribution is 2.21. The van der Waals surface area contributed by atoms with E-state index in [0.717, 1.165) is 11.3 Å². The van der Waals surface area contributed by atoms with E-state index in [1.165, 1.54) is 6.07 Å². The van der Waals surface area contributed by atoms with Gasteiger partial charge in [0.1, 0.15) is 6.04 Å². The van der Waals surface area contributed by atoms with Gasteiger partial charge in [0, 0.05) is 6.42 Å². The zero-order valence-electron chi connectivity index (χ0n) is 11.0. The van der Waals surface area contributed by atoms with Gasteiger partial charge in [-0.25, -0.2) is 4.79 Å². The summed E-state index contributed by atoms with van der Waals surface area (Å²) in [6.07, 6.45) is 4.59. The summed E-state index contributed by atoms with van der Waals surface area (Å²) in [6.45, 7) is 0.317. The van der Waals surface area contributed by atoms with E-state index >= 15 is 0 Å². The van der Waals surface area contributed by atoms with Crippen molar-refractivity contribution in [1.82, 2.24) is 5.32 Å². The van der Waals surface area contributed by atoms with Crippen LogP contribution in [0.3, 0.4) is 0 Å². The Hall–Kier alpha value is -2.53. The first-order chi connectivity index (χ1) is 9.93. The van der Waals surface area contributed by atoms with E-state index in [2.05, 4.69) is 16.6 Å². The smallest absolute Gasteiger partial charge is 0.326 e. The molecule has 0 spiro atoms. The van der Waals surface area contributed by atoms with Gasteiger partial charge >= 0.3 is 11.9 Å². The maximum Gasteiger partial charge on any atom is 0.326 e. The zero-order chi connectivity index (χ0) is 15.8. The standard InChI is InChI=1S/C13H14N2O5S/c1-2-7-14-10-5-4-9(21-10)12(18)15-8(13(19)20)3-6-11(16)17/h1,4-5,8,14H,3,6-7H2,(H,15,18)(H,16,17)(H,19,20)/t8-/m1/s1. The number of carbonyl (C=O) groups is 3. The van der Waals surface area contributed by atoms with Crippen LogP contribution < -0.4 is 10.6 Å². The monoisotopic (exact) mass is 310 g/mol. The van der Waals surface area contributed by atoms with Crippen LogP contribution in [0.4, 0.5) is 5.00 Å². The van der Waals surface area contributed by atoms with E-state index in [1.807, 2.05) is 0 Å². The number of thiophene rings is 1. The number of nitrogens with one attached hydrogen (secondary N) is 2. The molecule has 0 radical (unpaired) electrons. The summed E-state index contributed by atoms with van der Waals surface area (Å²) in [5, 5.41) is 23.4. The molecule has 0 unspecified atom stereocenters. The van der Waals surface area contributed by atoms with Crippen molar-refractivity contribution in [2.75, 3.05) is 11.9 Å². The number of hydrogen-bond acceptors (Lipinski definition) is 5. The fourth-order valence-electron chi connectivity index (χ4n) is 1.45. The van der Waals surface area contributed by atoms with Crippen LogP contribution in [0.2, 0.25) is 0 Å². The minimum Gasteiger partial charge on any atom is -0.481 e. The Labute approximate surface area is 125 Å². The summed E-state index contributed by atoms with van der Waals surface area (Å²) in [5.41, 5.74) is 0. The molecule has 0 fully saturated rings. The summed E-state index contributed by atoms with van der Waals surface area (Å²) < 4.78 is 0. The van der Waals surface area contributed by atoms with Gasteiger partial charge in [0.15, 0.2) is 0 Å². The largest absolute Gasteiger partial charge is 0.481 e. The Kier molecular flexibility index (Phi) is 6.23. The van der Waals surface area contributed by atoms with E-state index in [-0.39, 0.29) is 12.8 Å². The fourth-order valence-corrected chi connectivity index (χ4v) is 2.25. The molecule has 0 aliphatic heterocycles. The van der Waals surface area contributed by atoms with Crippen molar-refractivity contribution in [3.63, 3.8) is 0 Å². The van der Waals surface area contributed by atoms with Crippen LogP contribution in [-0.2, 0) is 9.59 Å². The fraction of sp³-hybridized carbons (Fsp3) is 0.308. The third-order valence-electron chi connectivity index (χ3n) is 2.44. The van der Waals surface area contributed by atoms with Crippen LogP contribution in [-0.4, -0.2) is 40.6 Å². The van der Waals surface area contributed by atoms with Gasteiger partial charge in [-0.2, -0.15) is 0 Å². The van der Waals surface area contributed by atoms with Crippen LogP contribution in [0.25, 0.3) is 0 Å². The third-order valence-corrected chi connectivity index (χ3v) is 3.49. The zero-order valence-corrected chi connectivity index (χ0v) is 11.8. The highest BCUT2D eigenvalue weighted by Gasteiger charge is 2.22. The Morgan fingerprint density at radius 1 is 1.33 bits per heavy atom.